The fourth-order valence-corrected chi connectivity index (χ4v) is 4.43. The van der Waals surface area contributed by atoms with Crippen LogP contribution in [0.3, 0.4) is 0 Å². The number of amides is 1. The first kappa shape index (κ1) is 22.1. The number of rotatable bonds is 5. The zero-order valence-electron chi connectivity index (χ0n) is 18.6. The first-order valence-corrected chi connectivity index (χ1v) is 10.5. The maximum atomic E-state index is 13.9. The van der Waals surface area contributed by atoms with Gasteiger partial charge in [-0.25, -0.2) is 9.59 Å². The lowest BCUT2D eigenvalue weighted by molar-refractivity contribution is -0.144. The number of allylic oxidation sites excluding steroid dienone is 1. The quantitative estimate of drug-likeness (QED) is 0.701. The topological polar surface area (TPSA) is 108 Å². The van der Waals surface area contributed by atoms with E-state index in [-0.39, 0.29) is 36.0 Å². The molecular formula is C25H24N2O6. The molecule has 2 N–H and O–H groups in total. The van der Waals surface area contributed by atoms with Gasteiger partial charge < -0.3 is 24.8 Å². The first-order valence-electron chi connectivity index (χ1n) is 10.5. The van der Waals surface area contributed by atoms with E-state index >= 15 is 0 Å². The molecule has 170 valence electrons. The van der Waals surface area contributed by atoms with Gasteiger partial charge in [0.15, 0.2) is 0 Å². The average Bonchev–Trinajstić information content (AvgIpc) is 3.01. The molecule has 2 aliphatic rings. The van der Waals surface area contributed by atoms with E-state index in [1.165, 1.54) is 11.8 Å². The number of carbonyl (C=O) groups excluding carboxylic acids is 3. The molecule has 1 spiro atoms. The molecule has 8 nitrogen and oxygen atoms in total. The summed E-state index contributed by atoms with van der Waals surface area (Å²) in [5.74, 6) is -2.36. The second-order valence-electron chi connectivity index (χ2n) is 7.69. The molecule has 4 rings (SSSR count). The van der Waals surface area contributed by atoms with E-state index in [2.05, 4.69) is 0 Å². The Morgan fingerprint density at radius 1 is 1.00 bits per heavy atom. The highest BCUT2D eigenvalue weighted by Gasteiger charge is 2.63. The zero-order chi connectivity index (χ0) is 23.8. The SMILES string of the molecule is CCOC(=O)C1=C(N)OC(C)=C(C(=O)OCc2ccccc2)C12C(=O)N(C)c1ccccc12. The van der Waals surface area contributed by atoms with Crippen LogP contribution in [0.2, 0.25) is 0 Å². The van der Waals surface area contributed by atoms with Crippen LogP contribution in [0.1, 0.15) is 25.0 Å². The van der Waals surface area contributed by atoms with Gasteiger partial charge in [0, 0.05) is 18.3 Å². The van der Waals surface area contributed by atoms with Crippen LogP contribution in [0.4, 0.5) is 5.69 Å². The summed E-state index contributed by atoms with van der Waals surface area (Å²) in [6.45, 7) is 3.18. The summed E-state index contributed by atoms with van der Waals surface area (Å²) in [4.78, 5) is 41.9. The molecule has 2 aliphatic heterocycles. The van der Waals surface area contributed by atoms with Gasteiger partial charge in [-0.15, -0.1) is 0 Å². The van der Waals surface area contributed by atoms with E-state index in [9.17, 15) is 14.4 Å². The molecule has 0 aliphatic carbocycles. The Kier molecular flexibility index (Phi) is 5.68. The minimum absolute atomic E-state index is 0.0217. The third-order valence-electron chi connectivity index (χ3n) is 5.80. The highest BCUT2D eigenvalue weighted by Crippen LogP contribution is 2.54. The number of likely N-dealkylation sites (N-methyl/N-ethyl adjacent to an activating group) is 1. The molecule has 2 aromatic carbocycles. The second-order valence-corrected chi connectivity index (χ2v) is 7.69. The highest BCUT2D eigenvalue weighted by atomic mass is 16.5. The Morgan fingerprint density at radius 3 is 2.33 bits per heavy atom. The van der Waals surface area contributed by atoms with Gasteiger partial charge >= 0.3 is 11.9 Å². The molecule has 0 aromatic heterocycles. The number of fused-ring (bicyclic) bond motifs is 2. The molecule has 1 unspecified atom stereocenters. The molecule has 33 heavy (non-hydrogen) atoms. The minimum atomic E-state index is -1.85. The standard InChI is InChI=1S/C25H24N2O6/c1-4-31-23(29)20-21(26)33-15(2)19(22(28)32-14-16-10-6-5-7-11-16)25(20)17-12-8-9-13-18(17)27(3)24(25)30/h5-13H,4,14,26H2,1-3H3. The Labute approximate surface area is 191 Å². The van der Waals surface area contributed by atoms with Gasteiger partial charge in [0.25, 0.3) is 0 Å². The predicted octanol–water partition coefficient (Wildman–Crippen LogP) is 2.68. The third-order valence-corrected chi connectivity index (χ3v) is 5.80. The van der Waals surface area contributed by atoms with Gasteiger partial charge in [0.1, 0.15) is 28.9 Å². The van der Waals surface area contributed by atoms with E-state index in [1.54, 1.807) is 38.2 Å². The summed E-state index contributed by atoms with van der Waals surface area (Å²) in [5, 5.41) is 0. The minimum Gasteiger partial charge on any atom is -0.462 e. The van der Waals surface area contributed by atoms with Crippen molar-refractivity contribution in [1.29, 1.82) is 0 Å². The third kappa shape index (κ3) is 3.34. The van der Waals surface area contributed by atoms with Crippen molar-refractivity contribution >= 4 is 23.5 Å². The van der Waals surface area contributed by atoms with Crippen molar-refractivity contribution in [3.8, 4) is 0 Å². The van der Waals surface area contributed by atoms with E-state index in [4.69, 9.17) is 19.9 Å². The first-order chi connectivity index (χ1) is 15.8. The summed E-state index contributed by atoms with van der Waals surface area (Å²) in [5.41, 5.74) is 5.70. The van der Waals surface area contributed by atoms with Crippen molar-refractivity contribution < 1.29 is 28.6 Å². The van der Waals surface area contributed by atoms with E-state index in [1.807, 2.05) is 30.3 Å². The fourth-order valence-electron chi connectivity index (χ4n) is 4.43. The van der Waals surface area contributed by atoms with Crippen molar-refractivity contribution in [2.75, 3.05) is 18.6 Å². The average molecular weight is 448 g/mol. The largest absolute Gasteiger partial charge is 0.462 e. The van der Waals surface area contributed by atoms with Crippen molar-refractivity contribution in [2.45, 2.75) is 25.9 Å². The van der Waals surface area contributed by atoms with Crippen molar-refractivity contribution in [3.63, 3.8) is 0 Å². The van der Waals surface area contributed by atoms with Gasteiger partial charge in [-0.3, -0.25) is 4.79 Å². The van der Waals surface area contributed by atoms with Crippen LogP contribution in [0.25, 0.3) is 0 Å². The monoisotopic (exact) mass is 448 g/mol. The summed E-state index contributed by atoms with van der Waals surface area (Å²) in [7, 11) is 1.58. The number of nitrogens with zero attached hydrogens (tertiary/aromatic N) is 1. The number of nitrogens with two attached hydrogens (primary N) is 1. The smallest absolute Gasteiger partial charge is 0.341 e. The number of ether oxygens (including phenoxy) is 3. The molecule has 2 heterocycles. The second kappa shape index (κ2) is 8.46. The molecule has 0 bridgehead atoms. The number of benzene rings is 2. The summed E-state index contributed by atoms with van der Waals surface area (Å²) < 4.78 is 16.4. The Morgan fingerprint density at radius 2 is 1.64 bits per heavy atom. The molecule has 1 amide bonds. The molecular weight excluding hydrogens is 424 g/mol. The lowest BCUT2D eigenvalue weighted by atomic mass is 9.67. The van der Waals surface area contributed by atoms with Gasteiger partial charge in [0.2, 0.25) is 11.8 Å². The number of hydrogen-bond donors (Lipinski definition) is 1. The van der Waals surface area contributed by atoms with Crippen molar-refractivity contribution in [1.82, 2.24) is 0 Å². The van der Waals surface area contributed by atoms with Gasteiger partial charge in [-0.2, -0.15) is 0 Å². The van der Waals surface area contributed by atoms with Crippen LogP contribution in [0, 0.1) is 0 Å². The lowest BCUT2D eigenvalue weighted by Gasteiger charge is -2.36. The van der Waals surface area contributed by atoms with Crippen LogP contribution < -0.4 is 10.6 Å². The number of para-hydroxylation sites is 1. The Bertz CT molecular complexity index is 1200. The van der Waals surface area contributed by atoms with Crippen molar-refractivity contribution in [2.24, 2.45) is 5.73 Å². The molecule has 8 heteroatoms. The van der Waals surface area contributed by atoms with Crippen LogP contribution in [-0.4, -0.2) is 31.5 Å². The Balaban J connectivity index is 1.90. The number of hydrogen-bond acceptors (Lipinski definition) is 7. The molecule has 2 aromatic rings. The Hall–Kier alpha value is -4.07. The summed E-state index contributed by atoms with van der Waals surface area (Å²) >= 11 is 0. The molecule has 0 radical (unpaired) electrons. The normalized spacial score (nSPS) is 19.5. The number of esters is 2. The van der Waals surface area contributed by atoms with Gasteiger partial charge in [0.05, 0.1) is 6.61 Å². The summed E-state index contributed by atoms with van der Waals surface area (Å²) in [6.07, 6.45) is 0. The molecule has 0 fully saturated rings. The highest BCUT2D eigenvalue weighted by molar-refractivity contribution is 6.22. The van der Waals surface area contributed by atoms with Crippen molar-refractivity contribution in [3.05, 3.63) is 88.5 Å². The number of carbonyl (C=O) groups is 3. The number of anilines is 1. The molecule has 0 saturated heterocycles. The zero-order valence-corrected chi connectivity index (χ0v) is 18.6. The predicted molar refractivity (Wildman–Crippen MR) is 119 cm³/mol. The maximum absolute atomic E-state index is 13.9. The van der Waals surface area contributed by atoms with Crippen LogP contribution in [0.5, 0.6) is 0 Å². The lowest BCUT2D eigenvalue weighted by Crippen LogP contribution is -2.50. The van der Waals surface area contributed by atoms with Crippen LogP contribution in [-0.2, 0) is 40.6 Å². The summed E-state index contributed by atoms with van der Waals surface area (Å²) in [6, 6.07) is 16.0. The maximum Gasteiger partial charge on any atom is 0.341 e. The van der Waals surface area contributed by atoms with Gasteiger partial charge in [-0.1, -0.05) is 48.5 Å². The van der Waals surface area contributed by atoms with E-state index in [0.717, 1.165) is 5.56 Å². The van der Waals surface area contributed by atoms with E-state index < -0.39 is 23.3 Å². The van der Waals surface area contributed by atoms with E-state index in [0.29, 0.717) is 11.3 Å². The molecule has 1 atom stereocenters. The van der Waals surface area contributed by atoms with Crippen LogP contribution in [0.15, 0.2) is 77.4 Å². The van der Waals surface area contributed by atoms with Crippen LogP contribution >= 0.6 is 0 Å². The fraction of sp³-hybridized carbons (Fsp3) is 0.240. The molecule has 0 saturated carbocycles. The van der Waals surface area contributed by atoms with Gasteiger partial charge in [-0.05, 0) is 25.5 Å².